The molecule has 1 saturated heterocycles. The zero-order valence-electron chi connectivity index (χ0n) is 17.5. The Bertz CT molecular complexity index is 1390. The van der Waals surface area contributed by atoms with Crippen LogP contribution in [0.25, 0.3) is 6.08 Å². The number of carboxylic acids is 1. The zero-order chi connectivity index (χ0) is 24.5. The van der Waals surface area contributed by atoms with E-state index in [1.165, 1.54) is 35.4 Å². The quantitative estimate of drug-likeness (QED) is 0.313. The van der Waals surface area contributed by atoms with Crippen molar-refractivity contribution in [3.63, 3.8) is 0 Å². The number of thiol groups is 1. The van der Waals surface area contributed by atoms with E-state index in [9.17, 15) is 23.1 Å². The smallest absolute Gasteiger partial charge is 0.339 e. The fourth-order valence-electron chi connectivity index (χ4n) is 3.34. The molecule has 3 aromatic rings. The molecular weight excluding hydrogens is 478 g/mol. The van der Waals surface area contributed by atoms with Crippen LogP contribution in [-0.2, 0) is 10.0 Å². The number of nitrogens with one attached hydrogen (secondary N) is 1. The van der Waals surface area contributed by atoms with Crippen molar-refractivity contribution in [1.29, 1.82) is 0 Å². The molecule has 3 N–H and O–H groups in total. The normalized spacial score (nSPS) is 16.5. The summed E-state index contributed by atoms with van der Waals surface area (Å²) >= 11 is 4.15. The molecule has 1 amide bonds. The Morgan fingerprint density at radius 2 is 1.68 bits per heavy atom. The van der Waals surface area contributed by atoms with Crippen molar-refractivity contribution >= 4 is 52.2 Å². The van der Waals surface area contributed by atoms with Crippen LogP contribution in [0.2, 0.25) is 0 Å². The fraction of sp³-hybridized carbons (Fsp3) is 0.0435. The molecule has 4 rings (SSSR count). The van der Waals surface area contributed by atoms with E-state index in [1.807, 2.05) is 6.07 Å². The number of amides is 1. The van der Waals surface area contributed by atoms with Crippen LogP contribution in [0.1, 0.15) is 26.3 Å². The standard InChI is InChI=1S/C23H19N3O6S2/c27-21-11-10-17(13-20(21)23(29)30)24-22(28)16-8-6-15(7-9-16)12-19-14-25(26(33)34(19,31)32)18-4-2-1-3-5-18/h1-13,27,33H,14H2,(H,24,28)(H,29,30)/b19-12-. The summed E-state index contributed by atoms with van der Waals surface area (Å²) in [6, 6.07) is 19.0. The highest BCUT2D eigenvalue weighted by Gasteiger charge is 2.38. The summed E-state index contributed by atoms with van der Waals surface area (Å²) < 4.78 is 26.5. The highest BCUT2D eigenvalue weighted by molar-refractivity contribution is 8.02. The second-order valence-corrected chi connectivity index (χ2v) is 9.81. The van der Waals surface area contributed by atoms with Crippen molar-refractivity contribution in [3.05, 3.63) is 94.4 Å². The average Bonchev–Trinajstić information content (AvgIpc) is 3.04. The van der Waals surface area contributed by atoms with Crippen molar-refractivity contribution in [3.8, 4) is 5.75 Å². The number of benzene rings is 3. The number of aromatic hydroxyl groups is 1. The number of sulfonamides is 1. The molecule has 11 heteroatoms. The van der Waals surface area contributed by atoms with Crippen molar-refractivity contribution in [2.24, 2.45) is 0 Å². The average molecular weight is 498 g/mol. The third-order valence-corrected chi connectivity index (χ3v) is 7.50. The van der Waals surface area contributed by atoms with Gasteiger partial charge >= 0.3 is 5.97 Å². The molecule has 0 aliphatic carbocycles. The third kappa shape index (κ3) is 4.62. The van der Waals surface area contributed by atoms with Gasteiger partial charge in [-0.1, -0.05) is 47.0 Å². The zero-order valence-corrected chi connectivity index (χ0v) is 19.2. The molecule has 1 fully saturated rings. The van der Waals surface area contributed by atoms with E-state index in [1.54, 1.807) is 36.4 Å². The molecule has 0 saturated carbocycles. The summed E-state index contributed by atoms with van der Waals surface area (Å²) in [5.41, 5.74) is 1.41. The van der Waals surface area contributed by atoms with E-state index in [0.717, 1.165) is 9.89 Å². The van der Waals surface area contributed by atoms with Gasteiger partial charge in [-0.3, -0.25) is 9.80 Å². The van der Waals surface area contributed by atoms with Gasteiger partial charge in [0.05, 0.1) is 17.1 Å². The summed E-state index contributed by atoms with van der Waals surface area (Å²) in [4.78, 5) is 23.8. The van der Waals surface area contributed by atoms with Gasteiger partial charge in [-0.2, -0.15) is 0 Å². The fourth-order valence-corrected chi connectivity index (χ4v) is 5.01. The van der Waals surface area contributed by atoms with E-state index in [4.69, 9.17) is 5.11 Å². The van der Waals surface area contributed by atoms with Gasteiger partial charge in [0.25, 0.3) is 15.9 Å². The van der Waals surface area contributed by atoms with Crippen LogP contribution in [0.5, 0.6) is 5.75 Å². The van der Waals surface area contributed by atoms with Crippen LogP contribution in [0.3, 0.4) is 0 Å². The molecule has 0 unspecified atom stereocenters. The molecule has 0 spiro atoms. The lowest BCUT2D eigenvalue weighted by atomic mass is 10.1. The Morgan fingerprint density at radius 3 is 2.32 bits per heavy atom. The second kappa shape index (κ2) is 9.21. The number of nitrogens with zero attached hydrogens (tertiary/aromatic N) is 2. The molecule has 9 nitrogen and oxygen atoms in total. The number of carbonyl (C=O) groups is 2. The first-order chi connectivity index (χ1) is 16.2. The number of hydrogen-bond acceptors (Lipinski definition) is 7. The molecule has 0 aromatic heterocycles. The SMILES string of the molecule is O=C(Nc1ccc(O)c(C(=O)O)c1)c1ccc(/C=C2/CN(c3ccccc3)N(S)S2(=O)=O)cc1. The topological polar surface area (TPSA) is 127 Å². The molecule has 0 bridgehead atoms. The molecule has 1 heterocycles. The summed E-state index contributed by atoms with van der Waals surface area (Å²) in [6.07, 6.45) is 1.52. The van der Waals surface area contributed by atoms with Gasteiger partial charge in [-0.25, -0.2) is 13.2 Å². The van der Waals surface area contributed by atoms with E-state index in [-0.39, 0.29) is 28.3 Å². The minimum Gasteiger partial charge on any atom is -0.507 e. The summed E-state index contributed by atoms with van der Waals surface area (Å²) in [5, 5.41) is 22.8. The van der Waals surface area contributed by atoms with Gasteiger partial charge < -0.3 is 15.5 Å². The predicted octanol–water partition coefficient (Wildman–Crippen LogP) is 3.60. The lowest BCUT2D eigenvalue weighted by Crippen LogP contribution is -2.30. The van der Waals surface area contributed by atoms with Crippen LogP contribution < -0.4 is 10.3 Å². The monoisotopic (exact) mass is 497 g/mol. The first kappa shape index (κ1) is 23.4. The molecule has 34 heavy (non-hydrogen) atoms. The maximum Gasteiger partial charge on any atom is 0.339 e. The first-order valence-electron chi connectivity index (χ1n) is 9.92. The molecular formula is C23H19N3O6S2. The molecule has 1 aliphatic heterocycles. The summed E-state index contributed by atoms with van der Waals surface area (Å²) in [5.74, 6) is -2.22. The van der Waals surface area contributed by atoms with Gasteiger partial charge in [0, 0.05) is 11.3 Å². The molecule has 3 aromatic carbocycles. The van der Waals surface area contributed by atoms with Gasteiger partial charge in [0.2, 0.25) is 0 Å². The predicted molar refractivity (Wildman–Crippen MR) is 131 cm³/mol. The maximum atomic E-state index is 12.8. The van der Waals surface area contributed by atoms with Gasteiger partial charge in [0.15, 0.2) is 0 Å². The number of hydrazine groups is 1. The number of hydrogen-bond donors (Lipinski definition) is 4. The second-order valence-electron chi connectivity index (χ2n) is 7.34. The minimum atomic E-state index is -3.81. The molecule has 0 radical (unpaired) electrons. The third-order valence-electron chi connectivity index (χ3n) is 5.10. The van der Waals surface area contributed by atoms with Crippen LogP contribution >= 0.6 is 12.8 Å². The minimum absolute atomic E-state index is 0.102. The van der Waals surface area contributed by atoms with E-state index in [0.29, 0.717) is 11.3 Å². The highest BCUT2D eigenvalue weighted by atomic mass is 32.3. The Labute approximate surface area is 201 Å². The van der Waals surface area contributed by atoms with Gasteiger partial charge in [0.1, 0.15) is 11.3 Å². The number of carboxylic acid groups (broad SMARTS) is 1. The molecule has 1 aliphatic rings. The van der Waals surface area contributed by atoms with Crippen LogP contribution in [0, 0.1) is 0 Å². The van der Waals surface area contributed by atoms with Crippen LogP contribution in [0.4, 0.5) is 11.4 Å². The molecule has 0 atom stereocenters. The Hall–Kier alpha value is -3.80. The first-order valence-corrected chi connectivity index (χ1v) is 11.8. The highest BCUT2D eigenvalue weighted by Crippen LogP contribution is 2.33. The lowest BCUT2D eigenvalue weighted by Gasteiger charge is -2.21. The number of aromatic carboxylic acids is 1. The van der Waals surface area contributed by atoms with Crippen molar-refractivity contribution in [2.75, 3.05) is 16.9 Å². The van der Waals surface area contributed by atoms with Crippen LogP contribution in [0.15, 0.2) is 77.7 Å². The number of para-hydroxylation sites is 1. The van der Waals surface area contributed by atoms with Crippen molar-refractivity contribution in [2.45, 2.75) is 0 Å². The van der Waals surface area contributed by atoms with Gasteiger partial charge in [-0.05, 0) is 54.1 Å². The number of carbonyl (C=O) groups excluding carboxylic acids is 1. The van der Waals surface area contributed by atoms with E-state index in [2.05, 4.69) is 18.1 Å². The Balaban J connectivity index is 1.52. The van der Waals surface area contributed by atoms with E-state index >= 15 is 0 Å². The number of anilines is 2. The number of rotatable bonds is 5. The lowest BCUT2D eigenvalue weighted by molar-refractivity contribution is 0.0693. The van der Waals surface area contributed by atoms with Gasteiger partial charge in [-0.15, -0.1) is 0 Å². The van der Waals surface area contributed by atoms with Crippen LogP contribution in [-0.4, -0.2) is 40.9 Å². The Kier molecular flexibility index (Phi) is 6.33. The number of phenols is 1. The van der Waals surface area contributed by atoms with Crippen molar-refractivity contribution in [1.82, 2.24) is 3.82 Å². The largest absolute Gasteiger partial charge is 0.507 e. The summed E-state index contributed by atoms with van der Waals surface area (Å²) in [6.45, 7) is 0.102. The van der Waals surface area contributed by atoms with Crippen molar-refractivity contribution < 1.29 is 28.2 Å². The van der Waals surface area contributed by atoms with E-state index < -0.39 is 27.6 Å². The molecule has 174 valence electrons. The Morgan fingerprint density at radius 1 is 1.00 bits per heavy atom. The maximum absolute atomic E-state index is 12.8. The summed E-state index contributed by atoms with van der Waals surface area (Å²) in [7, 11) is -3.81.